The third-order valence-electron chi connectivity index (χ3n) is 4.62. The van der Waals surface area contributed by atoms with Crippen LogP contribution in [0.2, 0.25) is 0 Å². The molecule has 0 spiro atoms. The van der Waals surface area contributed by atoms with E-state index in [0.29, 0.717) is 29.1 Å². The number of benzene rings is 2. The number of hydrogen-bond acceptors (Lipinski definition) is 4. The second-order valence-electron chi connectivity index (χ2n) is 6.97. The van der Waals surface area contributed by atoms with Crippen molar-refractivity contribution >= 4 is 11.7 Å². The third kappa shape index (κ3) is 5.42. The average molecular weight is 428 g/mol. The van der Waals surface area contributed by atoms with E-state index in [9.17, 15) is 23.2 Å². The first kappa shape index (κ1) is 21.9. The van der Waals surface area contributed by atoms with Crippen molar-refractivity contribution in [3.05, 3.63) is 71.4 Å². The fraction of sp³-hybridized carbons (Fsp3) is 0.227. The zero-order valence-corrected chi connectivity index (χ0v) is 16.8. The SMILES string of the molecule is Cc1c(C#N)nn(-c2ccccc2)c1NC(=O)C(C)Cc1ccc(OC(F)(F)F)cc1. The van der Waals surface area contributed by atoms with Gasteiger partial charge < -0.3 is 10.1 Å². The van der Waals surface area contributed by atoms with Gasteiger partial charge in [-0.3, -0.25) is 4.79 Å². The van der Waals surface area contributed by atoms with Crippen LogP contribution in [-0.4, -0.2) is 22.1 Å². The molecule has 1 amide bonds. The number of aromatic nitrogens is 2. The summed E-state index contributed by atoms with van der Waals surface area (Å²) < 4.78 is 42.2. The summed E-state index contributed by atoms with van der Waals surface area (Å²) in [5.74, 6) is -0.716. The summed E-state index contributed by atoms with van der Waals surface area (Å²) >= 11 is 0. The topological polar surface area (TPSA) is 79.9 Å². The molecule has 0 fully saturated rings. The van der Waals surface area contributed by atoms with E-state index in [0.717, 1.165) is 0 Å². The monoisotopic (exact) mass is 428 g/mol. The van der Waals surface area contributed by atoms with E-state index in [1.165, 1.54) is 28.9 Å². The van der Waals surface area contributed by atoms with E-state index in [1.54, 1.807) is 26.0 Å². The first-order chi connectivity index (χ1) is 14.7. The molecule has 1 aromatic heterocycles. The van der Waals surface area contributed by atoms with Crippen molar-refractivity contribution in [2.24, 2.45) is 5.92 Å². The van der Waals surface area contributed by atoms with Crippen molar-refractivity contribution < 1.29 is 22.7 Å². The minimum atomic E-state index is -4.75. The summed E-state index contributed by atoms with van der Waals surface area (Å²) in [6, 6.07) is 16.5. The van der Waals surface area contributed by atoms with Gasteiger partial charge in [0.15, 0.2) is 5.69 Å². The number of anilines is 1. The summed E-state index contributed by atoms with van der Waals surface area (Å²) in [4.78, 5) is 12.8. The van der Waals surface area contributed by atoms with Gasteiger partial charge in [-0.05, 0) is 43.2 Å². The summed E-state index contributed by atoms with van der Waals surface area (Å²) in [6.45, 7) is 3.41. The fourth-order valence-corrected chi connectivity index (χ4v) is 3.02. The number of alkyl halides is 3. The number of rotatable bonds is 6. The van der Waals surface area contributed by atoms with Gasteiger partial charge in [0, 0.05) is 11.5 Å². The smallest absolute Gasteiger partial charge is 0.406 e. The molecule has 3 aromatic rings. The van der Waals surface area contributed by atoms with Gasteiger partial charge >= 0.3 is 6.36 Å². The number of halogens is 3. The molecule has 9 heteroatoms. The molecule has 160 valence electrons. The van der Waals surface area contributed by atoms with Crippen molar-refractivity contribution in [2.45, 2.75) is 26.6 Å². The predicted molar refractivity (Wildman–Crippen MR) is 108 cm³/mol. The largest absolute Gasteiger partial charge is 0.573 e. The Morgan fingerprint density at radius 3 is 2.42 bits per heavy atom. The molecular weight excluding hydrogens is 409 g/mol. The molecule has 0 saturated carbocycles. The van der Waals surface area contributed by atoms with Gasteiger partial charge in [-0.2, -0.15) is 10.4 Å². The summed E-state index contributed by atoms with van der Waals surface area (Å²) in [7, 11) is 0. The minimum Gasteiger partial charge on any atom is -0.406 e. The maximum Gasteiger partial charge on any atom is 0.573 e. The van der Waals surface area contributed by atoms with Crippen molar-refractivity contribution in [3.8, 4) is 17.5 Å². The maximum atomic E-state index is 12.8. The lowest BCUT2D eigenvalue weighted by molar-refractivity contribution is -0.274. The van der Waals surface area contributed by atoms with E-state index in [2.05, 4.69) is 15.2 Å². The fourth-order valence-electron chi connectivity index (χ4n) is 3.02. The van der Waals surface area contributed by atoms with E-state index < -0.39 is 12.3 Å². The molecule has 0 radical (unpaired) electrons. The number of nitrogens with one attached hydrogen (secondary N) is 1. The van der Waals surface area contributed by atoms with Gasteiger partial charge in [0.25, 0.3) is 0 Å². The van der Waals surface area contributed by atoms with Crippen LogP contribution < -0.4 is 10.1 Å². The Balaban J connectivity index is 1.74. The van der Waals surface area contributed by atoms with Crippen LogP contribution in [0.15, 0.2) is 54.6 Å². The molecule has 1 unspecified atom stereocenters. The van der Waals surface area contributed by atoms with Crippen LogP contribution in [0.1, 0.15) is 23.7 Å². The van der Waals surface area contributed by atoms with Gasteiger partial charge in [0.1, 0.15) is 17.6 Å². The van der Waals surface area contributed by atoms with E-state index in [4.69, 9.17) is 0 Å². The first-order valence-corrected chi connectivity index (χ1v) is 9.38. The number of nitriles is 1. The molecule has 1 N–H and O–H groups in total. The molecule has 1 atom stereocenters. The second-order valence-corrected chi connectivity index (χ2v) is 6.97. The molecule has 0 aliphatic carbocycles. The number of carbonyl (C=O) groups is 1. The van der Waals surface area contributed by atoms with E-state index >= 15 is 0 Å². The lowest BCUT2D eigenvalue weighted by Gasteiger charge is -2.15. The number of amides is 1. The van der Waals surface area contributed by atoms with Gasteiger partial charge in [-0.25, -0.2) is 4.68 Å². The first-order valence-electron chi connectivity index (χ1n) is 9.38. The van der Waals surface area contributed by atoms with Crippen LogP contribution in [-0.2, 0) is 11.2 Å². The standard InChI is InChI=1S/C22H19F3N4O2/c1-14(12-16-8-10-18(11-9-16)31-22(23,24)25)21(30)27-20-15(2)19(13-26)28-29(20)17-6-4-3-5-7-17/h3-11,14H,12H2,1-2H3,(H,27,30). The van der Waals surface area contributed by atoms with Gasteiger partial charge in [0.2, 0.25) is 5.91 Å². The van der Waals surface area contributed by atoms with Crippen LogP contribution in [0.4, 0.5) is 19.0 Å². The zero-order valence-electron chi connectivity index (χ0n) is 16.8. The third-order valence-corrected chi connectivity index (χ3v) is 4.62. The van der Waals surface area contributed by atoms with Crippen LogP contribution in [0.5, 0.6) is 5.75 Å². The quantitative estimate of drug-likeness (QED) is 0.614. The highest BCUT2D eigenvalue weighted by Gasteiger charge is 2.31. The molecule has 0 saturated heterocycles. The number of hydrogen-bond donors (Lipinski definition) is 1. The Labute approximate surface area is 176 Å². The number of para-hydroxylation sites is 1. The highest BCUT2D eigenvalue weighted by Crippen LogP contribution is 2.25. The normalized spacial score (nSPS) is 12.1. The van der Waals surface area contributed by atoms with Crippen molar-refractivity contribution in [3.63, 3.8) is 0 Å². The second kappa shape index (κ2) is 8.92. The lowest BCUT2D eigenvalue weighted by Crippen LogP contribution is -2.24. The Morgan fingerprint density at radius 1 is 1.19 bits per heavy atom. The van der Waals surface area contributed by atoms with Crippen LogP contribution in [0, 0.1) is 24.2 Å². The molecule has 0 aliphatic rings. The van der Waals surface area contributed by atoms with Crippen molar-refractivity contribution in [1.82, 2.24) is 9.78 Å². The zero-order chi connectivity index (χ0) is 22.6. The lowest BCUT2D eigenvalue weighted by atomic mass is 10.0. The van der Waals surface area contributed by atoms with Crippen molar-refractivity contribution in [2.75, 3.05) is 5.32 Å². The molecule has 31 heavy (non-hydrogen) atoms. The van der Waals surface area contributed by atoms with E-state index in [-0.39, 0.29) is 17.4 Å². The van der Waals surface area contributed by atoms with Gasteiger partial charge in [-0.15, -0.1) is 13.2 Å². The van der Waals surface area contributed by atoms with Gasteiger partial charge in [0.05, 0.1) is 5.69 Å². The summed E-state index contributed by atoms with van der Waals surface area (Å²) in [5.41, 5.74) is 2.12. The molecule has 2 aromatic carbocycles. The highest BCUT2D eigenvalue weighted by molar-refractivity contribution is 5.93. The predicted octanol–water partition coefficient (Wildman–Crippen LogP) is 4.77. The number of ether oxygens (including phenoxy) is 1. The maximum absolute atomic E-state index is 12.8. The van der Waals surface area contributed by atoms with Crippen LogP contribution in [0.25, 0.3) is 5.69 Å². The van der Waals surface area contributed by atoms with Crippen molar-refractivity contribution in [1.29, 1.82) is 5.26 Å². The number of nitrogens with zero attached hydrogens (tertiary/aromatic N) is 3. The molecule has 0 bridgehead atoms. The summed E-state index contributed by atoms with van der Waals surface area (Å²) in [6.07, 6.45) is -4.45. The highest BCUT2D eigenvalue weighted by atomic mass is 19.4. The minimum absolute atomic E-state index is 0.201. The van der Waals surface area contributed by atoms with Gasteiger partial charge in [-0.1, -0.05) is 37.3 Å². The average Bonchev–Trinajstić information content (AvgIpc) is 3.04. The Kier molecular flexibility index (Phi) is 6.30. The Bertz CT molecular complexity index is 1100. The Hall–Kier alpha value is -3.80. The molecule has 1 heterocycles. The molecular formula is C22H19F3N4O2. The van der Waals surface area contributed by atoms with E-state index in [1.807, 2.05) is 24.3 Å². The van der Waals surface area contributed by atoms with Crippen LogP contribution in [0.3, 0.4) is 0 Å². The number of carbonyl (C=O) groups excluding carboxylic acids is 1. The summed E-state index contributed by atoms with van der Waals surface area (Å²) in [5, 5.41) is 16.4. The Morgan fingerprint density at radius 2 is 1.84 bits per heavy atom. The molecule has 3 rings (SSSR count). The molecule has 0 aliphatic heterocycles. The van der Waals surface area contributed by atoms with Crippen LogP contribution >= 0.6 is 0 Å². The molecule has 6 nitrogen and oxygen atoms in total.